The molecule has 0 aliphatic carbocycles. The van der Waals surface area contributed by atoms with E-state index in [1.165, 1.54) is 18.2 Å². The van der Waals surface area contributed by atoms with Crippen molar-refractivity contribution in [3.63, 3.8) is 0 Å². The van der Waals surface area contributed by atoms with Crippen LogP contribution in [-0.2, 0) is 6.61 Å². The molecule has 21 heavy (non-hydrogen) atoms. The van der Waals surface area contributed by atoms with Crippen molar-refractivity contribution in [3.05, 3.63) is 62.7 Å². The average molecular weight is 286 g/mol. The van der Waals surface area contributed by atoms with E-state index in [1.807, 2.05) is 26.8 Å². The molecule has 2 aromatic carbocycles. The zero-order valence-corrected chi connectivity index (χ0v) is 12.3. The summed E-state index contributed by atoms with van der Waals surface area (Å²) in [6.45, 7) is 6.22. The number of benzene rings is 2. The molecule has 0 atom stereocenters. The number of nitrogens with two attached hydrogens (primary N) is 1. The van der Waals surface area contributed by atoms with Crippen molar-refractivity contribution < 1.29 is 9.66 Å². The van der Waals surface area contributed by atoms with Gasteiger partial charge in [-0.2, -0.15) is 0 Å². The molecule has 5 nitrogen and oxygen atoms in total. The van der Waals surface area contributed by atoms with E-state index in [9.17, 15) is 10.1 Å². The van der Waals surface area contributed by atoms with Crippen molar-refractivity contribution >= 4 is 11.4 Å². The van der Waals surface area contributed by atoms with Crippen LogP contribution in [-0.4, -0.2) is 4.92 Å². The van der Waals surface area contributed by atoms with Crippen molar-refractivity contribution in [2.24, 2.45) is 0 Å². The molecule has 2 aromatic rings. The Labute approximate surface area is 123 Å². The fraction of sp³-hybridized carbons (Fsp3) is 0.250. The predicted molar refractivity (Wildman–Crippen MR) is 82.5 cm³/mol. The summed E-state index contributed by atoms with van der Waals surface area (Å²) in [4.78, 5) is 10.4. The van der Waals surface area contributed by atoms with Crippen molar-refractivity contribution in [2.45, 2.75) is 27.4 Å². The van der Waals surface area contributed by atoms with Gasteiger partial charge in [-0.25, -0.2) is 0 Å². The summed E-state index contributed by atoms with van der Waals surface area (Å²) >= 11 is 0. The number of nitrogen functional groups attached to an aromatic ring is 1. The molecule has 0 saturated carbocycles. The fourth-order valence-electron chi connectivity index (χ4n) is 2.14. The van der Waals surface area contributed by atoms with E-state index in [2.05, 4.69) is 6.07 Å². The zero-order chi connectivity index (χ0) is 15.6. The van der Waals surface area contributed by atoms with Gasteiger partial charge in [-0.1, -0.05) is 6.07 Å². The van der Waals surface area contributed by atoms with Crippen LogP contribution in [0.4, 0.5) is 11.4 Å². The summed E-state index contributed by atoms with van der Waals surface area (Å²) in [6.07, 6.45) is 0. The first kappa shape index (κ1) is 14.8. The first-order chi connectivity index (χ1) is 9.88. The number of hydrogen-bond acceptors (Lipinski definition) is 4. The van der Waals surface area contributed by atoms with E-state index in [0.717, 1.165) is 22.4 Å². The molecule has 2 rings (SSSR count). The first-order valence-electron chi connectivity index (χ1n) is 6.62. The predicted octanol–water partition coefficient (Wildman–Crippen LogP) is 3.68. The second kappa shape index (κ2) is 5.83. The summed E-state index contributed by atoms with van der Waals surface area (Å²) in [5, 5.41) is 10.8. The number of nitro groups is 1. The van der Waals surface area contributed by atoms with Gasteiger partial charge in [-0.15, -0.1) is 0 Å². The molecule has 0 spiro atoms. The van der Waals surface area contributed by atoms with E-state index in [0.29, 0.717) is 11.3 Å². The Morgan fingerprint density at radius 2 is 1.90 bits per heavy atom. The average Bonchev–Trinajstić information content (AvgIpc) is 2.42. The Morgan fingerprint density at radius 1 is 1.19 bits per heavy atom. The first-order valence-corrected chi connectivity index (χ1v) is 6.62. The highest BCUT2D eigenvalue weighted by molar-refractivity contribution is 5.52. The Balaban J connectivity index is 2.24. The summed E-state index contributed by atoms with van der Waals surface area (Å²) < 4.78 is 5.80. The van der Waals surface area contributed by atoms with Gasteiger partial charge in [0.05, 0.1) is 4.92 Å². The fourth-order valence-corrected chi connectivity index (χ4v) is 2.14. The molecule has 0 aromatic heterocycles. The Morgan fingerprint density at radius 3 is 2.57 bits per heavy atom. The third-order valence-corrected chi connectivity index (χ3v) is 3.48. The van der Waals surface area contributed by atoms with Crippen LogP contribution in [0.3, 0.4) is 0 Å². The standard InChI is InChI=1S/C16H18N2O3/c1-10-6-11(2)12(3)16(7-10)21-9-13-8-14(18(19)20)4-5-15(13)17/h4-8H,9,17H2,1-3H3. The second-order valence-corrected chi connectivity index (χ2v) is 5.13. The lowest BCUT2D eigenvalue weighted by atomic mass is 10.1. The molecule has 0 amide bonds. The Bertz CT molecular complexity index is 696. The lowest BCUT2D eigenvalue weighted by Crippen LogP contribution is -2.03. The number of aryl methyl sites for hydroxylation is 2. The van der Waals surface area contributed by atoms with Gasteiger partial charge in [0, 0.05) is 23.4 Å². The normalized spacial score (nSPS) is 10.4. The van der Waals surface area contributed by atoms with Crippen LogP contribution in [0.1, 0.15) is 22.3 Å². The van der Waals surface area contributed by atoms with Gasteiger partial charge in [0.15, 0.2) is 0 Å². The Kier molecular flexibility index (Phi) is 4.12. The van der Waals surface area contributed by atoms with Gasteiger partial charge in [0.1, 0.15) is 12.4 Å². The minimum Gasteiger partial charge on any atom is -0.489 e. The lowest BCUT2D eigenvalue weighted by molar-refractivity contribution is -0.384. The van der Waals surface area contributed by atoms with Crippen LogP contribution in [0.2, 0.25) is 0 Å². The molecule has 110 valence electrons. The highest BCUT2D eigenvalue weighted by Crippen LogP contribution is 2.26. The number of nitro benzene ring substituents is 1. The Hall–Kier alpha value is -2.56. The molecule has 0 heterocycles. The summed E-state index contributed by atoms with van der Waals surface area (Å²) in [7, 11) is 0. The summed E-state index contributed by atoms with van der Waals surface area (Å²) in [6, 6.07) is 8.42. The minimum absolute atomic E-state index is 0.0138. The minimum atomic E-state index is -0.439. The summed E-state index contributed by atoms with van der Waals surface area (Å²) in [5.41, 5.74) is 10.3. The van der Waals surface area contributed by atoms with E-state index >= 15 is 0 Å². The number of non-ortho nitro benzene ring substituents is 1. The molecule has 0 aliphatic heterocycles. The molecular weight excluding hydrogens is 268 g/mol. The van der Waals surface area contributed by atoms with Crippen molar-refractivity contribution in [1.82, 2.24) is 0 Å². The number of rotatable bonds is 4. The number of hydrogen-bond donors (Lipinski definition) is 1. The van der Waals surface area contributed by atoms with Crippen LogP contribution in [0, 0.1) is 30.9 Å². The topological polar surface area (TPSA) is 78.4 Å². The van der Waals surface area contributed by atoms with Crippen LogP contribution in [0.25, 0.3) is 0 Å². The van der Waals surface area contributed by atoms with Crippen LogP contribution >= 0.6 is 0 Å². The zero-order valence-electron chi connectivity index (χ0n) is 12.3. The van der Waals surface area contributed by atoms with E-state index in [-0.39, 0.29) is 12.3 Å². The van der Waals surface area contributed by atoms with E-state index in [4.69, 9.17) is 10.5 Å². The van der Waals surface area contributed by atoms with Crippen LogP contribution in [0.5, 0.6) is 5.75 Å². The highest BCUT2D eigenvalue weighted by atomic mass is 16.6. The molecular formula is C16H18N2O3. The van der Waals surface area contributed by atoms with E-state index < -0.39 is 4.92 Å². The molecule has 0 bridgehead atoms. The third-order valence-electron chi connectivity index (χ3n) is 3.48. The molecule has 2 N–H and O–H groups in total. The van der Waals surface area contributed by atoms with Gasteiger partial charge in [-0.3, -0.25) is 10.1 Å². The maximum absolute atomic E-state index is 10.8. The maximum Gasteiger partial charge on any atom is 0.269 e. The second-order valence-electron chi connectivity index (χ2n) is 5.13. The lowest BCUT2D eigenvalue weighted by Gasteiger charge is -2.13. The number of nitrogens with zero attached hydrogens (tertiary/aromatic N) is 1. The summed E-state index contributed by atoms with van der Waals surface area (Å²) in [5.74, 6) is 0.776. The van der Waals surface area contributed by atoms with Gasteiger partial charge < -0.3 is 10.5 Å². The smallest absolute Gasteiger partial charge is 0.269 e. The number of anilines is 1. The molecule has 0 radical (unpaired) electrons. The molecule has 5 heteroatoms. The molecule has 0 unspecified atom stereocenters. The SMILES string of the molecule is Cc1cc(C)c(C)c(OCc2cc([N+](=O)[O-])ccc2N)c1. The largest absolute Gasteiger partial charge is 0.489 e. The highest BCUT2D eigenvalue weighted by Gasteiger charge is 2.11. The third kappa shape index (κ3) is 3.31. The van der Waals surface area contributed by atoms with Gasteiger partial charge >= 0.3 is 0 Å². The quantitative estimate of drug-likeness (QED) is 0.528. The molecule has 0 aliphatic rings. The molecule has 0 saturated heterocycles. The van der Waals surface area contributed by atoms with Crippen molar-refractivity contribution in [3.8, 4) is 5.75 Å². The van der Waals surface area contributed by atoms with Crippen molar-refractivity contribution in [2.75, 3.05) is 5.73 Å². The molecule has 0 fully saturated rings. The van der Waals surface area contributed by atoms with Crippen LogP contribution < -0.4 is 10.5 Å². The van der Waals surface area contributed by atoms with Crippen molar-refractivity contribution in [1.29, 1.82) is 0 Å². The van der Waals surface area contributed by atoms with Gasteiger partial charge in [0.25, 0.3) is 5.69 Å². The number of ether oxygens (including phenoxy) is 1. The van der Waals surface area contributed by atoms with E-state index in [1.54, 1.807) is 0 Å². The van der Waals surface area contributed by atoms with Crippen LogP contribution in [0.15, 0.2) is 30.3 Å². The van der Waals surface area contributed by atoms with Gasteiger partial charge in [-0.05, 0) is 49.6 Å². The monoisotopic (exact) mass is 286 g/mol. The van der Waals surface area contributed by atoms with Gasteiger partial charge in [0.2, 0.25) is 0 Å². The maximum atomic E-state index is 10.8.